The summed E-state index contributed by atoms with van der Waals surface area (Å²) in [5, 5.41) is 0. The van der Waals surface area contributed by atoms with Gasteiger partial charge in [0.1, 0.15) is 5.75 Å². The van der Waals surface area contributed by atoms with Crippen molar-refractivity contribution in [3.8, 4) is 11.8 Å². The van der Waals surface area contributed by atoms with Crippen molar-refractivity contribution < 1.29 is 4.74 Å². The molecule has 0 aliphatic carbocycles. The molecular formula is C13H9Br2N3O. The summed E-state index contributed by atoms with van der Waals surface area (Å²) < 4.78 is 7.54. The highest BCUT2D eigenvalue weighted by Gasteiger charge is 2.08. The fourth-order valence-corrected chi connectivity index (χ4v) is 2.84. The Morgan fingerprint density at radius 1 is 1.11 bits per heavy atom. The molecule has 0 aliphatic rings. The maximum atomic E-state index is 5.73. The number of nitrogens with zero attached hydrogens (tertiary/aromatic N) is 1. The molecule has 0 radical (unpaired) electrons. The molecular weight excluding hydrogens is 374 g/mol. The summed E-state index contributed by atoms with van der Waals surface area (Å²) in [6, 6.07) is 11.6. The van der Waals surface area contributed by atoms with Crippen LogP contribution in [0.4, 0.5) is 5.69 Å². The molecule has 3 N–H and O–H groups in total. The first-order valence-corrected chi connectivity index (χ1v) is 7.08. The Kier molecular flexibility index (Phi) is 3.20. The number of anilines is 1. The highest BCUT2D eigenvalue weighted by atomic mass is 79.9. The van der Waals surface area contributed by atoms with E-state index in [4.69, 9.17) is 10.5 Å². The molecule has 0 bridgehead atoms. The number of aromatic nitrogens is 2. The summed E-state index contributed by atoms with van der Waals surface area (Å²) in [7, 11) is 0. The van der Waals surface area contributed by atoms with Gasteiger partial charge in [0.25, 0.3) is 6.01 Å². The molecule has 96 valence electrons. The molecule has 0 amide bonds. The van der Waals surface area contributed by atoms with E-state index in [1.54, 1.807) is 0 Å². The number of nitrogens with two attached hydrogens (primary N) is 1. The summed E-state index contributed by atoms with van der Waals surface area (Å²) in [4.78, 5) is 7.43. The third-order valence-electron chi connectivity index (χ3n) is 2.58. The first-order chi connectivity index (χ1) is 9.11. The van der Waals surface area contributed by atoms with E-state index in [1.165, 1.54) is 0 Å². The van der Waals surface area contributed by atoms with Crippen molar-refractivity contribution >= 4 is 48.6 Å². The second-order valence-corrected chi connectivity index (χ2v) is 5.77. The lowest BCUT2D eigenvalue weighted by Gasteiger charge is -2.04. The smallest absolute Gasteiger partial charge is 0.300 e. The number of imidazole rings is 1. The Labute approximate surface area is 126 Å². The third-order valence-corrected chi connectivity index (χ3v) is 3.70. The second-order valence-electron chi connectivity index (χ2n) is 4.00. The SMILES string of the molecule is Nc1ccc2nc(Oc3ccc(Br)cc3Br)[nH]c2c1. The van der Waals surface area contributed by atoms with Crippen LogP contribution < -0.4 is 10.5 Å². The molecule has 4 nitrogen and oxygen atoms in total. The van der Waals surface area contributed by atoms with Crippen molar-refractivity contribution in [2.24, 2.45) is 0 Å². The Bertz CT molecular complexity index is 755. The molecule has 0 fully saturated rings. The summed E-state index contributed by atoms with van der Waals surface area (Å²) in [6.07, 6.45) is 0. The van der Waals surface area contributed by atoms with Crippen LogP contribution in [0.25, 0.3) is 11.0 Å². The van der Waals surface area contributed by atoms with Gasteiger partial charge in [0.15, 0.2) is 0 Å². The van der Waals surface area contributed by atoms with Gasteiger partial charge < -0.3 is 15.5 Å². The van der Waals surface area contributed by atoms with Gasteiger partial charge in [-0.1, -0.05) is 15.9 Å². The van der Waals surface area contributed by atoms with Crippen LogP contribution in [0.15, 0.2) is 45.3 Å². The average molecular weight is 383 g/mol. The van der Waals surface area contributed by atoms with Crippen LogP contribution >= 0.6 is 31.9 Å². The number of benzene rings is 2. The van der Waals surface area contributed by atoms with Gasteiger partial charge in [-0.25, -0.2) is 0 Å². The molecule has 0 spiro atoms. The zero-order valence-electron chi connectivity index (χ0n) is 9.65. The zero-order chi connectivity index (χ0) is 13.4. The summed E-state index contributed by atoms with van der Waals surface area (Å²) in [5.41, 5.74) is 8.08. The highest BCUT2D eigenvalue weighted by Crippen LogP contribution is 2.31. The second kappa shape index (κ2) is 4.86. The van der Waals surface area contributed by atoms with Gasteiger partial charge in [-0.15, -0.1) is 0 Å². The van der Waals surface area contributed by atoms with Crippen LogP contribution in [0, 0.1) is 0 Å². The number of fused-ring (bicyclic) bond motifs is 1. The predicted molar refractivity (Wildman–Crippen MR) is 82.4 cm³/mol. The van der Waals surface area contributed by atoms with Gasteiger partial charge in [0.2, 0.25) is 0 Å². The first kappa shape index (κ1) is 12.5. The minimum Gasteiger partial charge on any atom is -0.424 e. The number of rotatable bonds is 2. The first-order valence-electron chi connectivity index (χ1n) is 5.50. The Morgan fingerprint density at radius 2 is 1.95 bits per heavy atom. The summed E-state index contributed by atoms with van der Waals surface area (Å²) >= 11 is 6.84. The number of hydrogen-bond donors (Lipinski definition) is 2. The van der Waals surface area contributed by atoms with Gasteiger partial charge in [-0.2, -0.15) is 4.98 Å². The highest BCUT2D eigenvalue weighted by molar-refractivity contribution is 9.11. The number of nitrogens with one attached hydrogen (secondary N) is 1. The van der Waals surface area contributed by atoms with Gasteiger partial charge >= 0.3 is 0 Å². The van der Waals surface area contributed by atoms with E-state index in [-0.39, 0.29) is 0 Å². The number of nitrogen functional groups attached to an aromatic ring is 1. The maximum absolute atomic E-state index is 5.73. The summed E-state index contributed by atoms with van der Waals surface area (Å²) in [5.74, 6) is 0.690. The molecule has 6 heteroatoms. The van der Waals surface area contributed by atoms with Gasteiger partial charge in [0.05, 0.1) is 15.5 Å². The van der Waals surface area contributed by atoms with E-state index in [9.17, 15) is 0 Å². The van der Waals surface area contributed by atoms with Crippen LogP contribution in [-0.4, -0.2) is 9.97 Å². The van der Waals surface area contributed by atoms with Crippen LogP contribution in [0.2, 0.25) is 0 Å². The van der Waals surface area contributed by atoms with Crippen molar-refractivity contribution in [2.75, 3.05) is 5.73 Å². The van der Waals surface area contributed by atoms with E-state index < -0.39 is 0 Å². The van der Waals surface area contributed by atoms with Crippen LogP contribution in [0.1, 0.15) is 0 Å². The van der Waals surface area contributed by atoms with Crippen molar-refractivity contribution in [1.82, 2.24) is 9.97 Å². The Balaban J connectivity index is 1.96. The number of ether oxygens (including phenoxy) is 1. The van der Waals surface area contributed by atoms with E-state index >= 15 is 0 Å². The van der Waals surface area contributed by atoms with E-state index in [0.29, 0.717) is 17.4 Å². The number of aromatic amines is 1. The van der Waals surface area contributed by atoms with Crippen molar-refractivity contribution in [3.05, 3.63) is 45.3 Å². The molecule has 1 heterocycles. The molecule has 2 aromatic carbocycles. The fraction of sp³-hybridized carbons (Fsp3) is 0. The molecule has 0 atom stereocenters. The molecule has 1 aromatic heterocycles. The molecule has 3 aromatic rings. The average Bonchev–Trinajstić information content (AvgIpc) is 2.74. The standard InChI is InChI=1S/C13H9Br2N3O/c14-7-1-4-12(9(15)5-7)19-13-17-10-3-2-8(16)6-11(10)18-13/h1-6H,16H2,(H,17,18). The van der Waals surface area contributed by atoms with Crippen LogP contribution in [-0.2, 0) is 0 Å². The molecule has 3 rings (SSSR count). The third kappa shape index (κ3) is 2.59. The van der Waals surface area contributed by atoms with Crippen molar-refractivity contribution in [3.63, 3.8) is 0 Å². The van der Waals surface area contributed by atoms with E-state index in [2.05, 4.69) is 41.8 Å². The maximum Gasteiger partial charge on any atom is 0.300 e. The Hall–Kier alpha value is -1.53. The molecule has 0 aliphatic heterocycles. The topological polar surface area (TPSA) is 63.9 Å². The monoisotopic (exact) mass is 381 g/mol. The molecule has 0 saturated carbocycles. The molecule has 19 heavy (non-hydrogen) atoms. The van der Waals surface area contributed by atoms with Gasteiger partial charge in [-0.3, -0.25) is 0 Å². The quantitative estimate of drug-likeness (QED) is 0.643. The van der Waals surface area contributed by atoms with E-state index in [0.717, 1.165) is 20.0 Å². The zero-order valence-corrected chi connectivity index (χ0v) is 12.8. The minimum atomic E-state index is 0.434. The van der Waals surface area contributed by atoms with E-state index in [1.807, 2.05) is 36.4 Å². The minimum absolute atomic E-state index is 0.434. The van der Waals surface area contributed by atoms with Gasteiger partial charge in [0, 0.05) is 10.2 Å². The largest absolute Gasteiger partial charge is 0.424 e. The molecule has 0 unspecified atom stereocenters. The lowest BCUT2D eigenvalue weighted by atomic mass is 10.3. The number of hydrogen-bond acceptors (Lipinski definition) is 3. The number of halogens is 2. The fourth-order valence-electron chi connectivity index (χ4n) is 1.71. The van der Waals surface area contributed by atoms with Crippen LogP contribution in [0.5, 0.6) is 11.8 Å². The van der Waals surface area contributed by atoms with Gasteiger partial charge in [-0.05, 0) is 52.3 Å². The lowest BCUT2D eigenvalue weighted by Crippen LogP contribution is -1.87. The normalized spacial score (nSPS) is 10.8. The lowest BCUT2D eigenvalue weighted by molar-refractivity contribution is 0.446. The Morgan fingerprint density at radius 3 is 2.74 bits per heavy atom. The summed E-state index contributed by atoms with van der Waals surface area (Å²) in [6.45, 7) is 0. The van der Waals surface area contributed by atoms with Crippen molar-refractivity contribution in [1.29, 1.82) is 0 Å². The van der Waals surface area contributed by atoms with Crippen LogP contribution in [0.3, 0.4) is 0 Å². The predicted octanol–water partition coefficient (Wildman–Crippen LogP) is 4.46. The van der Waals surface area contributed by atoms with Crippen molar-refractivity contribution in [2.45, 2.75) is 0 Å². The number of H-pyrrole nitrogens is 1. The molecule has 0 saturated heterocycles.